The Hall–Kier alpha value is -5.42. The molecule has 2 aromatic carbocycles. The predicted molar refractivity (Wildman–Crippen MR) is 199 cm³/mol. The van der Waals surface area contributed by atoms with Crippen molar-refractivity contribution in [1.82, 2.24) is 24.3 Å². The molecule has 0 spiro atoms. The Kier molecular flexibility index (Phi) is 9.87. The number of rotatable bonds is 7. The van der Waals surface area contributed by atoms with Gasteiger partial charge < -0.3 is 34.7 Å². The number of hydrogen-bond acceptors (Lipinski definition) is 9. The van der Waals surface area contributed by atoms with Gasteiger partial charge >= 0.3 is 24.4 Å². The molecule has 1 atom stereocenters. The van der Waals surface area contributed by atoms with E-state index in [1.807, 2.05) is 29.6 Å². The number of nitrogens with one attached hydrogen (secondary N) is 2. The summed E-state index contributed by atoms with van der Waals surface area (Å²) in [6.45, 7) is 9.73. The zero-order valence-electron chi connectivity index (χ0n) is 31.2. The first-order valence-corrected chi connectivity index (χ1v) is 18.1. The van der Waals surface area contributed by atoms with Crippen molar-refractivity contribution in [2.75, 3.05) is 48.8 Å². The lowest BCUT2D eigenvalue weighted by Crippen LogP contribution is -2.44. The number of fused-ring (bicyclic) bond motifs is 2. The molecule has 0 radical (unpaired) electrons. The number of anilines is 3. The van der Waals surface area contributed by atoms with E-state index in [0.29, 0.717) is 57.9 Å². The van der Waals surface area contributed by atoms with Gasteiger partial charge in [-0.1, -0.05) is 12.1 Å². The first kappa shape index (κ1) is 37.9. The van der Waals surface area contributed by atoms with Gasteiger partial charge in [0.15, 0.2) is 5.82 Å². The van der Waals surface area contributed by atoms with Gasteiger partial charge in [-0.25, -0.2) is 24.4 Å². The molecule has 2 fully saturated rings. The summed E-state index contributed by atoms with van der Waals surface area (Å²) in [5, 5.41) is 15.8. The van der Waals surface area contributed by atoms with Crippen molar-refractivity contribution < 1.29 is 42.1 Å². The van der Waals surface area contributed by atoms with Crippen LogP contribution in [0, 0.1) is 0 Å². The van der Waals surface area contributed by atoms with Crippen LogP contribution < -0.4 is 20.3 Å². The second kappa shape index (κ2) is 14.3. The van der Waals surface area contributed by atoms with Crippen molar-refractivity contribution in [3.8, 4) is 16.9 Å². The standard InChI is InChI=1S/C38H43F3N8O6/c1-21-16-26-25(27-19-48(24-8-9-24)32-30(27)33(43-20-42-32)49(35(51)52)36(53)55-37(2,3)4)10-11-29(31(26)54-21)45-34(50)44-23-7-6-22(28(17-23)38(39,40)41)18-47-14-12-46(5)13-15-47/h6-7,10-11,17,19-21,24H,8-9,12-16,18H2,1-5H3,(H,51,52)(H2,44,45,50). The minimum Gasteiger partial charge on any atom is -0.488 e. The van der Waals surface area contributed by atoms with Crippen molar-refractivity contribution >= 4 is 46.4 Å². The van der Waals surface area contributed by atoms with Crippen LogP contribution in [0.4, 0.5) is 44.7 Å². The molecule has 14 nitrogen and oxygen atoms in total. The molecule has 7 rings (SSSR count). The van der Waals surface area contributed by atoms with Gasteiger partial charge in [-0.3, -0.25) is 4.90 Å². The first-order valence-electron chi connectivity index (χ1n) is 18.1. The lowest BCUT2D eigenvalue weighted by molar-refractivity contribution is -0.138. The van der Waals surface area contributed by atoms with E-state index in [1.165, 1.54) is 18.5 Å². The maximum absolute atomic E-state index is 14.2. The maximum Gasteiger partial charge on any atom is 0.425 e. The fraction of sp³-hybridized carbons (Fsp3) is 0.447. The van der Waals surface area contributed by atoms with Crippen LogP contribution >= 0.6 is 0 Å². The van der Waals surface area contributed by atoms with E-state index in [0.717, 1.165) is 32.0 Å². The Labute approximate surface area is 315 Å². The van der Waals surface area contributed by atoms with E-state index in [2.05, 4.69) is 25.5 Å². The summed E-state index contributed by atoms with van der Waals surface area (Å²) in [4.78, 5) is 52.5. The Bertz CT molecular complexity index is 2150. The highest BCUT2D eigenvalue weighted by Gasteiger charge is 2.37. The number of imide groups is 1. The molecule has 2 aromatic heterocycles. The number of aromatic nitrogens is 3. The summed E-state index contributed by atoms with van der Waals surface area (Å²) < 4.78 is 56.2. The second-order valence-corrected chi connectivity index (χ2v) is 15.3. The fourth-order valence-electron chi connectivity index (χ4n) is 7.07. The molecule has 3 N–H and O–H groups in total. The molecule has 3 aliphatic rings. The van der Waals surface area contributed by atoms with E-state index < -0.39 is 35.6 Å². The van der Waals surface area contributed by atoms with E-state index in [1.54, 1.807) is 32.9 Å². The molecular formula is C38H43F3N8O6. The van der Waals surface area contributed by atoms with Crippen LogP contribution in [0.5, 0.6) is 5.75 Å². The summed E-state index contributed by atoms with van der Waals surface area (Å²) in [7, 11) is 1.98. The minimum absolute atomic E-state index is 0.0251. The van der Waals surface area contributed by atoms with Crippen LogP contribution in [0.15, 0.2) is 42.9 Å². The Morgan fingerprint density at radius 1 is 1.02 bits per heavy atom. The number of carboxylic acid groups (broad SMARTS) is 1. The third-order valence-corrected chi connectivity index (χ3v) is 9.78. The van der Waals surface area contributed by atoms with Crippen LogP contribution in [0.2, 0.25) is 0 Å². The average Bonchev–Trinajstić information content (AvgIpc) is 3.74. The number of carbonyl (C=O) groups excluding carboxylic acids is 2. The highest BCUT2D eigenvalue weighted by molar-refractivity contribution is 6.15. The monoisotopic (exact) mass is 764 g/mol. The molecule has 55 heavy (non-hydrogen) atoms. The minimum atomic E-state index is -4.63. The van der Waals surface area contributed by atoms with Gasteiger partial charge in [-0.05, 0) is 76.9 Å². The molecule has 0 bridgehead atoms. The van der Waals surface area contributed by atoms with Crippen molar-refractivity contribution in [3.05, 3.63) is 59.5 Å². The molecular weight excluding hydrogens is 721 g/mol. The number of amides is 4. The van der Waals surface area contributed by atoms with Crippen LogP contribution in [0.3, 0.4) is 0 Å². The van der Waals surface area contributed by atoms with E-state index in [4.69, 9.17) is 9.47 Å². The maximum atomic E-state index is 14.2. The first-order chi connectivity index (χ1) is 26.0. The van der Waals surface area contributed by atoms with Crippen molar-refractivity contribution in [3.63, 3.8) is 0 Å². The predicted octanol–water partition coefficient (Wildman–Crippen LogP) is 7.59. The molecule has 1 aliphatic carbocycles. The highest BCUT2D eigenvalue weighted by atomic mass is 19.4. The number of nitrogens with zero attached hydrogens (tertiary/aromatic N) is 6. The SMILES string of the molecule is CC1Cc2c(-c3cn(C4CC4)c4ncnc(N(C(=O)O)C(=O)OC(C)(C)C)c34)ccc(NC(=O)Nc3ccc(CN4CCN(C)CC4)c(C(F)(F)F)c3)c2O1. The van der Waals surface area contributed by atoms with Gasteiger partial charge in [0.25, 0.3) is 0 Å². The molecule has 2 aliphatic heterocycles. The van der Waals surface area contributed by atoms with Crippen molar-refractivity contribution in [2.45, 2.75) is 77.4 Å². The average molecular weight is 765 g/mol. The molecule has 4 aromatic rings. The summed E-state index contributed by atoms with van der Waals surface area (Å²) >= 11 is 0. The zero-order chi connectivity index (χ0) is 39.4. The molecule has 4 heterocycles. The topological polar surface area (TPSA) is 154 Å². The number of alkyl halides is 3. The van der Waals surface area contributed by atoms with Gasteiger partial charge in [0.2, 0.25) is 0 Å². The van der Waals surface area contributed by atoms with E-state index in [9.17, 15) is 32.7 Å². The number of likely N-dealkylation sites (N-methyl/N-ethyl adjacent to an activating group) is 1. The van der Waals surface area contributed by atoms with Gasteiger partial charge in [-0.2, -0.15) is 18.1 Å². The number of ether oxygens (including phenoxy) is 2. The fourth-order valence-corrected chi connectivity index (χ4v) is 7.07. The van der Waals surface area contributed by atoms with Crippen LogP contribution in [-0.4, -0.2) is 92.6 Å². The van der Waals surface area contributed by atoms with Crippen LogP contribution in [0.1, 0.15) is 63.3 Å². The number of carbonyl (C=O) groups is 3. The van der Waals surface area contributed by atoms with E-state index in [-0.39, 0.29) is 41.4 Å². The summed E-state index contributed by atoms with van der Waals surface area (Å²) in [5.41, 5.74) is 0.919. The Morgan fingerprint density at radius 3 is 2.40 bits per heavy atom. The lowest BCUT2D eigenvalue weighted by Gasteiger charge is -2.33. The zero-order valence-corrected chi connectivity index (χ0v) is 31.2. The third-order valence-electron chi connectivity index (χ3n) is 9.78. The smallest absolute Gasteiger partial charge is 0.425 e. The lowest BCUT2D eigenvalue weighted by atomic mass is 9.96. The van der Waals surface area contributed by atoms with Gasteiger partial charge in [-0.15, -0.1) is 0 Å². The molecule has 17 heteroatoms. The van der Waals surface area contributed by atoms with Gasteiger partial charge in [0, 0.05) is 68.2 Å². The molecule has 1 saturated carbocycles. The third kappa shape index (κ3) is 8.03. The Balaban J connectivity index is 1.20. The molecule has 4 amide bonds. The Morgan fingerprint density at radius 2 is 1.75 bits per heavy atom. The largest absolute Gasteiger partial charge is 0.488 e. The van der Waals surface area contributed by atoms with Crippen LogP contribution in [0.25, 0.3) is 22.2 Å². The summed E-state index contributed by atoms with van der Waals surface area (Å²) in [6, 6.07) is 6.51. The summed E-state index contributed by atoms with van der Waals surface area (Å²) in [5.74, 6) is 0.183. The number of halogens is 3. The molecule has 292 valence electrons. The van der Waals surface area contributed by atoms with Gasteiger partial charge in [0.05, 0.1) is 16.6 Å². The normalized spacial score (nSPS) is 17.8. The quantitative estimate of drug-likeness (QED) is 0.172. The van der Waals surface area contributed by atoms with Crippen molar-refractivity contribution in [2.24, 2.45) is 0 Å². The van der Waals surface area contributed by atoms with Crippen molar-refractivity contribution in [1.29, 1.82) is 0 Å². The van der Waals surface area contributed by atoms with Crippen LogP contribution in [-0.2, 0) is 23.9 Å². The van der Waals surface area contributed by atoms with Gasteiger partial charge in [0.1, 0.15) is 29.4 Å². The highest BCUT2D eigenvalue weighted by Crippen LogP contribution is 2.48. The number of benzene rings is 2. The summed E-state index contributed by atoms with van der Waals surface area (Å²) in [6.07, 6.45) is -2.39. The number of urea groups is 1. The number of piperazine rings is 1. The van der Waals surface area contributed by atoms with E-state index >= 15 is 0 Å². The molecule has 1 unspecified atom stereocenters. The molecule has 1 saturated heterocycles. The number of hydrogen-bond donors (Lipinski definition) is 3. The second-order valence-electron chi connectivity index (χ2n) is 15.3.